The average molecular weight is 309 g/mol. The molecule has 21 heavy (non-hydrogen) atoms. The van der Waals surface area contributed by atoms with Crippen molar-refractivity contribution in [2.45, 2.75) is 6.42 Å². The van der Waals surface area contributed by atoms with Crippen molar-refractivity contribution in [3.05, 3.63) is 53.3 Å². The number of rotatable bonds is 5. The highest BCUT2D eigenvalue weighted by atomic mass is 35.5. The van der Waals surface area contributed by atoms with E-state index in [1.54, 1.807) is 24.3 Å². The number of carbonyl (C=O) groups excluding carboxylic acids is 1. The van der Waals surface area contributed by atoms with Gasteiger partial charge in [-0.2, -0.15) is 0 Å². The Morgan fingerprint density at radius 1 is 1.29 bits per heavy atom. The molecule has 2 aromatic rings. The quantitative estimate of drug-likeness (QED) is 0.831. The van der Waals surface area contributed by atoms with Crippen molar-refractivity contribution >= 4 is 28.9 Å². The first-order valence-corrected chi connectivity index (χ1v) is 6.66. The zero-order chi connectivity index (χ0) is 15.2. The van der Waals surface area contributed by atoms with Crippen LogP contribution in [0.4, 0.5) is 15.8 Å². The molecule has 110 valence electrons. The minimum absolute atomic E-state index is 0.127. The van der Waals surface area contributed by atoms with Crippen LogP contribution in [0.15, 0.2) is 42.5 Å². The first-order chi connectivity index (χ1) is 10.1. The van der Waals surface area contributed by atoms with Crippen LogP contribution in [-0.2, 0) is 4.79 Å². The van der Waals surface area contributed by atoms with E-state index in [-0.39, 0.29) is 24.0 Å². The monoisotopic (exact) mass is 308 g/mol. The molecule has 0 aliphatic carbocycles. The molecule has 3 N–H and O–H groups in total. The van der Waals surface area contributed by atoms with Crippen molar-refractivity contribution in [2.24, 2.45) is 0 Å². The Morgan fingerprint density at radius 3 is 2.76 bits per heavy atom. The highest BCUT2D eigenvalue weighted by Crippen LogP contribution is 2.25. The molecule has 0 unspecified atom stereocenters. The number of carbonyl (C=O) groups is 1. The molecule has 6 heteroatoms. The van der Waals surface area contributed by atoms with Gasteiger partial charge in [0.2, 0.25) is 5.91 Å². The van der Waals surface area contributed by atoms with Gasteiger partial charge in [-0.05, 0) is 30.3 Å². The van der Waals surface area contributed by atoms with Crippen molar-refractivity contribution in [3.63, 3.8) is 0 Å². The van der Waals surface area contributed by atoms with Gasteiger partial charge in [-0.3, -0.25) is 4.79 Å². The SMILES string of the molecule is Nc1ccccc1NC(=O)CCOc1ccc(F)cc1Cl. The molecule has 0 saturated carbocycles. The number of amides is 1. The minimum atomic E-state index is -0.440. The molecule has 0 atom stereocenters. The van der Waals surface area contributed by atoms with Gasteiger partial charge in [0.15, 0.2) is 0 Å². The van der Waals surface area contributed by atoms with E-state index >= 15 is 0 Å². The van der Waals surface area contributed by atoms with E-state index in [0.29, 0.717) is 17.1 Å². The summed E-state index contributed by atoms with van der Waals surface area (Å²) in [6, 6.07) is 10.8. The fraction of sp³-hybridized carbons (Fsp3) is 0.133. The Hall–Kier alpha value is -2.27. The lowest BCUT2D eigenvalue weighted by molar-refractivity contribution is -0.116. The van der Waals surface area contributed by atoms with E-state index in [1.807, 2.05) is 0 Å². The lowest BCUT2D eigenvalue weighted by Crippen LogP contribution is -2.16. The van der Waals surface area contributed by atoms with Crippen LogP contribution in [0.1, 0.15) is 6.42 Å². The van der Waals surface area contributed by atoms with Crippen LogP contribution in [0, 0.1) is 5.82 Å². The number of nitrogens with one attached hydrogen (secondary N) is 1. The summed E-state index contributed by atoms with van der Waals surface area (Å²) in [5.74, 6) is -0.333. The minimum Gasteiger partial charge on any atom is -0.491 e. The van der Waals surface area contributed by atoms with E-state index < -0.39 is 5.82 Å². The molecule has 0 aromatic heterocycles. The van der Waals surface area contributed by atoms with Crippen LogP contribution in [0.25, 0.3) is 0 Å². The number of para-hydroxylation sites is 2. The summed E-state index contributed by atoms with van der Waals surface area (Å²) in [5, 5.41) is 2.85. The van der Waals surface area contributed by atoms with Crippen molar-refractivity contribution in [3.8, 4) is 5.75 Å². The van der Waals surface area contributed by atoms with E-state index in [2.05, 4.69) is 5.32 Å². The Morgan fingerprint density at radius 2 is 2.05 bits per heavy atom. The summed E-state index contributed by atoms with van der Waals surface area (Å²) in [5.41, 5.74) is 6.78. The van der Waals surface area contributed by atoms with Crippen LogP contribution >= 0.6 is 11.6 Å². The van der Waals surface area contributed by atoms with E-state index in [4.69, 9.17) is 22.1 Å². The lowest BCUT2D eigenvalue weighted by atomic mass is 10.2. The van der Waals surface area contributed by atoms with Gasteiger partial charge in [-0.15, -0.1) is 0 Å². The molecular formula is C15H14ClFN2O2. The van der Waals surface area contributed by atoms with E-state index in [1.165, 1.54) is 12.1 Å². The summed E-state index contributed by atoms with van der Waals surface area (Å²) in [4.78, 5) is 11.8. The highest BCUT2D eigenvalue weighted by Gasteiger charge is 2.07. The molecule has 4 nitrogen and oxygen atoms in total. The first kappa shape index (κ1) is 15.1. The largest absolute Gasteiger partial charge is 0.491 e. The van der Waals surface area contributed by atoms with Crippen molar-refractivity contribution in [1.82, 2.24) is 0 Å². The molecular weight excluding hydrogens is 295 g/mol. The maximum Gasteiger partial charge on any atom is 0.227 e. The Kier molecular flexibility index (Phi) is 5.00. The van der Waals surface area contributed by atoms with Gasteiger partial charge in [-0.25, -0.2) is 4.39 Å². The second-order valence-electron chi connectivity index (χ2n) is 4.31. The lowest BCUT2D eigenvalue weighted by Gasteiger charge is -2.09. The van der Waals surface area contributed by atoms with Crippen LogP contribution in [-0.4, -0.2) is 12.5 Å². The Bertz CT molecular complexity index is 649. The molecule has 1 amide bonds. The van der Waals surface area contributed by atoms with Crippen LogP contribution in [0.2, 0.25) is 5.02 Å². The van der Waals surface area contributed by atoms with Crippen LogP contribution in [0.5, 0.6) is 5.75 Å². The zero-order valence-electron chi connectivity index (χ0n) is 11.1. The summed E-state index contributed by atoms with van der Waals surface area (Å²) >= 11 is 5.81. The second kappa shape index (κ2) is 6.95. The van der Waals surface area contributed by atoms with Crippen molar-refractivity contribution in [2.75, 3.05) is 17.7 Å². The van der Waals surface area contributed by atoms with Crippen molar-refractivity contribution < 1.29 is 13.9 Å². The summed E-state index contributed by atoms with van der Waals surface area (Å²) in [6.07, 6.45) is 0.127. The highest BCUT2D eigenvalue weighted by molar-refractivity contribution is 6.32. The molecule has 0 saturated heterocycles. The molecule has 0 heterocycles. The molecule has 0 radical (unpaired) electrons. The fourth-order valence-corrected chi connectivity index (χ4v) is 1.89. The summed E-state index contributed by atoms with van der Waals surface area (Å²) in [7, 11) is 0. The molecule has 2 rings (SSSR count). The first-order valence-electron chi connectivity index (χ1n) is 6.28. The Balaban J connectivity index is 1.83. The standard InChI is InChI=1S/C15H14ClFN2O2/c16-11-9-10(17)5-6-14(11)21-8-7-15(20)19-13-4-2-1-3-12(13)18/h1-6,9H,7-8,18H2,(H,19,20). The van der Waals surface area contributed by atoms with Gasteiger partial charge in [0, 0.05) is 0 Å². The number of nitrogens with two attached hydrogens (primary N) is 1. The van der Waals surface area contributed by atoms with Gasteiger partial charge in [0.1, 0.15) is 11.6 Å². The topological polar surface area (TPSA) is 64.3 Å². The van der Waals surface area contributed by atoms with E-state index in [9.17, 15) is 9.18 Å². The van der Waals surface area contributed by atoms with Crippen molar-refractivity contribution in [1.29, 1.82) is 0 Å². The number of benzene rings is 2. The maximum atomic E-state index is 12.9. The van der Waals surface area contributed by atoms with E-state index in [0.717, 1.165) is 6.07 Å². The smallest absolute Gasteiger partial charge is 0.227 e. The van der Waals surface area contributed by atoms with Gasteiger partial charge in [0.25, 0.3) is 0 Å². The Labute approximate surface area is 126 Å². The molecule has 2 aromatic carbocycles. The molecule has 0 bridgehead atoms. The normalized spacial score (nSPS) is 10.2. The predicted molar refractivity (Wildman–Crippen MR) is 81.0 cm³/mol. The van der Waals surface area contributed by atoms with Gasteiger partial charge in [0.05, 0.1) is 29.4 Å². The number of ether oxygens (including phenoxy) is 1. The third-order valence-corrected chi connectivity index (χ3v) is 3.01. The maximum absolute atomic E-state index is 12.9. The second-order valence-corrected chi connectivity index (χ2v) is 4.72. The average Bonchev–Trinajstić information content (AvgIpc) is 2.44. The predicted octanol–water partition coefficient (Wildman–Crippen LogP) is 3.47. The fourth-order valence-electron chi connectivity index (χ4n) is 1.67. The zero-order valence-corrected chi connectivity index (χ0v) is 11.9. The third kappa shape index (κ3) is 4.36. The number of anilines is 2. The third-order valence-electron chi connectivity index (χ3n) is 2.72. The van der Waals surface area contributed by atoms with Gasteiger partial charge in [-0.1, -0.05) is 23.7 Å². The molecule has 0 spiro atoms. The number of halogens is 2. The molecule has 0 aliphatic heterocycles. The van der Waals surface area contributed by atoms with Crippen LogP contribution < -0.4 is 15.8 Å². The molecule has 0 aliphatic rings. The summed E-state index contributed by atoms with van der Waals surface area (Å²) in [6.45, 7) is 0.129. The van der Waals surface area contributed by atoms with Gasteiger partial charge >= 0.3 is 0 Å². The number of hydrogen-bond donors (Lipinski definition) is 2. The van der Waals surface area contributed by atoms with Gasteiger partial charge < -0.3 is 15.8 Å². The van der Waals surface area contributed by atoms with Crippen LogP contribution in [0.3, 0.4) is 0 Å². The number of nitrogen functional groups attached to an aromatic ring is 1. The summed E-state index contributed by atoms with van der Waals surface area (Å²) < 4.78 is 18.2. The molecule has 0 fully saturated rings. The number of hydrogen-bond acceptors (Lipinski definition) is 3.